The SMILES string of the molecule is Cc1cc(Br)c(-c2ccc(/C=C/C(=O)O)s2)cc1Cl. The average molecular weight is 358 g/mol. The van der Waals surface area contributed by atoms with E-state index in [0.29, 0.717) is 5.02 Å². The zero-order valence-corrected chi connectivity index (χ0v) is 13.1. The van der Waals surface area contributed by atoms with Crippen LogP contribution >= 0.6 is 38.9 Å². The lowest BCUT2D eigenvalue weighted by atomic mass is 10.1. The number of carboxylic acid groups (broad SMARTS) is 1. The molecule has 2 nitrogen and oxygen atoms in total. The first kappa shape index (κ1) is 14.3. The van der Waals surface area contributed by atoms with Crippen molar-refractivity contribution in [1.82, 2.24) is 0 Å². The molecule has 0 saturated heterocycles. The molecule has 1 aromatic carbocycles. The van der Waals surface area contributed by atoms with Crippen LogP contribution in [0.3, 0.4) is 0 Å². The smallest absolute Gasteiger partial charge is 0.328 e. The van der Waals surface area contributed by atoms with Gasteiger partial charge in [-0.25, -0.2) is 4.79 Å². The fourth-order valence-corrected chi connectivity index (χ4v) is 3.48. The van der Waals surface area contributed by atoms with E-state index in [1.54, 1.807) is 6.08 Å². The molecule has 0 atom stereocenters. The van der Waals surface area contributed by atoms with Crippen LogP contribution in [0.5, 0.6) is 0 Å². The minimum atomic E-state index is -0.950. The monoisotopic (exact) mass is 356 g/mol. The summed E-state index contributed by atoms with van der Waals surface area (Å²) >= 11 is 11.2. The Morgan fingerprint density at radius 3 is 2.84 bits per heavy atom. The summed E-state index contributed by atoms with van der Waals surface area (Å²) < 4.78 is 0.977. The molecule has 0 bridgehead atoms. The first-order chi connectivity index (χ1) is 8.97. The highest BCUT2D eigenvalue weighted by molar-refractivity contribution is 9.10. The highest BCUT2D eigenvalue weighted by Gasteiger charge is 2.08. The Morgan fingerprint density at radius 1 is 1.42 bits per heavy atom. The summed E-state index contributed by atoms with van der Waals surface area (Å²) in [5.41, 5.74) is 2.02. The summed E-state index contributed by atoms with van der Waals surface area (Å²) in [7, 11) is 0. The lowest BCUT2D eigenvalue weighted by Crippen LogP contribution is -1.84. The third-order valence-corrected chi connectivity index (χ3v) is 4.68. The van der Waals surface area contributed by atoms with Crippen LogP contribution in [0.1, 0.15) is 10.4 Å². The van der Waals surface area contributed by atoms with Crippen LogP contribution in [0, 0.1) is 6.92 Å². The summed E-state index contributed by atoms with van der Waals surface area (Å²) in [5, 5.41) is 9.32. The Labute approximate surface area is 128 Å². The van der Waals surface area contributed by atoms with E-state index in [2.05, 4.69) is 15.9 Å². The van der Waals surface area contributed by atoms with Gasteiger partial charge in [-0.05, 0) is 42.8 Å². The molecule has 1 aromatic heterocycles. The van der Waals surface area contributed by atoms with Crippen LogP contribution < -0.4 is 0 Å². The van der Waals surface area contributed by atoms with Crippen LogP contribution in [0.2, 0.25) is 5.02 Å². The van der Waals surface area contributed by atoms with E-state index in [0.717, 1.165) is 31.4 Å². The molecule has 0 aliphatic carbocycles. The van der Waals surface area contributed by atoms with Gasteiger partial charge in [0.2, 0.25) is 0 Å². The second-order valence-electron chi connectivity index (χ2n) is 3.95. The van der Waals surface area contributed by atoms with Gasteiger partial charge in [-0.3, -0.25) is 0 Å². The topological polar surface area (TPSA) is 37.3 Å². The number of carbonyl (C=O) groups is 1. The zero-order chi connectivity index (χ0) is 14.0. The van der Waals surface area contributed by atoms with Crippen molar-refractivity contribution in [2.75, 3.05) is 0 Å². The van der Waals surface area contributed by atoms with Crippen molar-refractivity contribution in [3.8, 4) is 10.4 Å². The maximum atomic E-state index is 10.5. The molecule has 2 rings (SSSR count). The number of aryl methyl sites for hydroxylation is 1. The molecule has 0 amide bonds. The fraction of sp³-hybridized carbons (Fsp3) is 0.0714. The van der Waals surface area contributed by atoms with Crippen LogP contribution in [-0.4, -0.2) is 11.1 Å². The second-order valence-corrected chi connectivity index (χ2v) is 6.33. The first-order valence-electron chi connectivity index (χ1n) is 5.44. The zero-order valence-electron chi connectivity index (χ0n) is 9.98. The summed E-state index contributed by atoms with van der Waals surface area (Å²) in [6, 6.07) is 7.74. The van der Waals surface area contributed by atoms with E-state index < -0.39 is 5.97 Å². The minimum Gasteiger partial charge on any atom is -0.478 e. The Hall–Kier alpha value is -1.10. The van der Waals surface area contributed by atoms with Gasteiger partial charge in [-0.2, -0.15) is 0 Å². The van der Waals surface area contributed by atoms with Crippen LogP contribution in [-0.2, 0) is 4.79 Å². The maximum Gasteiger partial charge on any atom is 0.328 e. The Kier molecular flexibility index (Phi) is 4.45. The van der Waals surface area contributed by atoms with Gasteiger partial charge in [-0.15, -0.1) is 11.3 Å². The molecule has 0 aliphatic heterocycles. The van der Waals surface area contributed by atoms with E-state index in [1.807, 2.05) is 31.2 Å². The van der Waals surface area contributed by atoms with Crippen molar-refractivity contribution in [1.29, 1.82) is 0 Å². The van der Waals surface area contributed by atoms with Crippen molar-refractivity contribution < 1.29 is 9.90 Å². The summed E-state index contributed by atoms with van der Waals surface area (Å²) in [6.45, 7) is 1.95. The minimum absolute atomic E-state index is 0.717. The summed E-state index contributed by atoms with van der Waals surface area (Å²) in [4.78, 5) is 12.4. The molecule has 0 aliphatic rings. The Balaban J connectivity index is 2.38. The van der Waals surface area contributed by atoms with Crippen LogP contribution in [0.15, 0.2) is 34.8 Å². The van der Waals surface area contributed by atoms with Crippen molar-refractivity contribution >= 4 is 50.9 Å². The predicted octanol–water partition coefficient (Wildman–Crippen LogP) is 5.24. The van der Waals surface area contributed by atoms with Crippen molar-refractivity contribution in [2.45, 2.75) is 6.92 Å². The number of rotatable bonds is 3. The van der Waals surface area contributed by atoms with E-state index >= 15 is 0 Å². The first-order valence-corrected chi connectivity index (χ1v) is 7.43. The van der Waals surface area contributed by atoms with Gasteiger partial charge in [0.25, 0.3) is 0 Å². The van der Waals surface area contributed by atoms with Gasteiger partial charge >= 0.3 is 5.97 Å². The average Bonchev–Trinajstić information content (AvgIpc) is 2.80. The standard InChI is InChI=1S/C14H10BrClO2S/c1-8-6-11(15)10(7-12(8)16)13-4-2-9(19-13)3-5-14(17)18/h2-7H,1H3,(H,17,18)/b5-3+. The molecule has 1 N–H and O–H groups in total. The van der Waals surface area contributed by atoms with Gasteiger partial charge in [0.05, 0.1) is 0 Å². The van der Waals surface area contributed by atoms with Gasteiger partial charge in [0, 0.05) is 30.9 Å². The summed E-state index contributed by atoms with van der Waals surface area (Å²) in [5.74, 6) is -0.950. The normalized spacial score (nSPS) is 11.1. The van der Waals surface area contributed by atoms with Gasteiger partial charge in [0.1, 0.15) is 0 Å². The van der Waals surface area contributed by atoms with E-state index in [9.17, 15) is 4.79 Å². The summed E-state index contributed by atoms with van der Waals surface area (Å²) in [6.07, 6.45) is 2.72. The van der Waals surface area contributed by atoms with Gasteiger partial charge < -0.3 is 5.11 Å². The molecule has 0 fully saturated rings. The second kappa shape index (κ2) is 5.90. The third kappa shape index (κ3) is 3.47. The molecule has 1 heterocycles. The number of benzene rings is 1. The highest BCUT2D eigenvalue weighted by atomic mass is 79.9. The number of thiophene rings is 1. The molecule has 0 saturated carbocycles. The van der Waals surface area contributed by atoms with E-state index in [-0.39, 0.29) is 0 Å². The van der Waals surface area contributed by atoms with Crippen LogP contribution in [0.25, 0.3) is 16.5 Å². The highest BCUT2D eigenvalue weighted by Crippen LogP contribution is 2.37. The quantitative estimate of drug-likeness (QED) is 0.763. The molecule has 0 radical (unpaired) electrons. The Bertz CT molecular complexity index is 661. The molecular formula is C14H10BrClO2S. The predicted molar refractivity (Wildman–Crippen MR) is 83.9 cm³/mol. The van der Waals surface area contributed by atoms with Crippen molar-refractivity contribution in [2.24, 2.45) is 0 Å². The van der Waals surface area contributed by atoms with Crippen molar-refractivity contribution in [3.05, 3.63) is 50.3 Å². The molecule has 2 aromatic rings. The lowest BCUT2D eigenvalue weighted by molar-refractivity contribution is -0.131. The lowest BCUT2D eigenvalue weighted by Gasteiger charge is -2.05. The van der Waals surface area contributed by atoms with E-state index in [4.69, 9.17) is 16.7 Å². The number of hydrogen-bond acceptors (Lipinski definition) is 2. The van der Waals surface area contributed by atoms with Gasteiger partial charge in [0.15, 0.2) is 0 Å². The van der Waals surface area contributed by atoms with Crippen molar-refractivity contribution in [3.63, 3.8) is 0 Å². The number of halogens is 2. The molecule has 98 valence electrons. The van der Waals surface area contributed by atoms with Gasteiger partial charge in [-0.1, -0.05) is 27.5 Å². The Morgan fingerprint density at radius 2 is 2.16 bits per heavy atom. The molecule has 19 heavy (non-hydrogen) atoms. The van der Waals surface area contributed by atoms with E-state index in [1.165, 1.54) is 11.3 Å². The maximum absolute atomic E-state index is 10.5. The number of aliphatic carboxylic acids is 1. The molecule has 5 heteroatoms. The molecule has 0 unspecified atom stereocenters. The number of carboxylic acids is 1. The third-order valence-electron chi connectivity index (χ3n) is 2.53. The fourth-order valence-electron chi connectivity index (χ4n) is 1.58. The number of hydrogen-bond donors (Lipinski definition) is 1. The molecule has 0 spiro atoms. The van der Waals surface area contributed by atoms with Crippen LogP contribution in [0.4, 0.5) is 0 Å². The largest absolute Gasteiger partial charge is 0.478 e. The molecular weight excluding hydrogens is 348 g/mol.